The van der Waals surface area contributed by atoms with Gasteiger partial charge in [-0.25, -0.2) is 0 Å². The Morgan fingerprint density at radius 1 is 1.19 bits per heavy atom. The number of hydrogen-bond acceptors (Lipinski definition) is 2. The van der Waals surface area contributed by atoms with E-state index >= 15 is 0 Å². The number of carbonyl (C=O) groups excluding carboxylic acids is 1. The molecule has 1 saturated carbocycles. The fourth-order valence-corrected chi connectivity index (χ4v) is 2.92. The van der Waals surface area contributed by atoms with E-state index in [1.807, 2.05) is 4.90 Å². The van der Waals surface area contributed by atoms with Crippen molar-refractivity contribution in [3.05, 3.63) is 0 Å². The van der Waals surface area contributed by atoms with Crippen molar-refractivity contribution in [2.75, 3.05) is 13.1 Å². The van der Waals surface area contributed by atoms with Crippen molar-refractivity contribution < 1.29 is 4.79 Å². The molecule has 0 aromatic rings. The van der Waals surface area contributed by atoms with Crippen molar-refractivity contribution in [3.8, 4) is 0 Å². The molecule has 1 aliphatic carbocycles. The van der Waals surface area contributed by atoms with Gasteiger partial charge in [0.2, 0.25) is 5.91 Å². The number of hydrogen-bond donors (Lipinski definition) is 1. The second-order valence-corrected chi connectivity index (χ2v) is 5.69. The number of amides is 1. The van der Waals surface area contributed by atoms with Gasteiger partial charge in [0, 0.05) is 13.1 Å². The molecule has 1 heterocycles. The largest absolute Gasteiger partial charge is 0.341 e. The van der Waals surface area contributed by atoms with Crippen molar-refractivity contribution in [2.45, 2.75) is 57.4 Å². The van der Waals surface area contributed by atoms with Crippen molar-refractivity contribution in [2.24, 2.45) is 11.7 Å². The zero-order valence-corrected chi connectivity index (χ0v) is 10.4. The summed E-state index contributed by atoms with van der Waals surface area (Å²) in [6.45, 7) is 4.10. The molecule has 2 aliphatic rings. The quantitative estimate of drug-likeness (QED) is 0.739. The van der Waals surface area contributed by atoms with E-state index in [9.17, 15) is 4.79 Å². The lowest BCUT2D eigenvalue weighted by molar-refractivity contribution is -0.139. The molecular weight excluding hydrogens is 200 g/mol. The Bertz CT molecular complexity index is 251. The zero-order chi connectivity index (χ0) is 11.6. The van der Waals surface area contributed by atoms with Crippen LogP contribution in [0.5, 0.6) is 0 Å². The van der Waals surface area contributed by atoms with E-state index in [1.54, 1.807) is 0 Å². The average molecular weight is 224 g/mol. The summed E-state index contributed by atoms with van der Waals surface area (Å²) in [6.07, 6.45) is 7.53. The maximum atomic E-state index is 12.4. The highest BCUT2D eigenvalue weighted by Crippen LogP contribution is 2.29. The molecule has 0 spiro atoms. The van der Waals surface area contributed by atoms with Gasteiger partial charge in [0.25, 0.3) is 0 Å². The van der Waals surface area contributed by atoms with Gasteiger partial charge in [-0.05, 0) is 31.6 Å². The molecule has 3 heteroatoms. The predicted octanol–water partition coefficient (Wildman–Crippen LogP) is 1.91. The van der Waals surface area contributed by atoms with Crippen molar-refractivity contribution >= 4 is 5.91 Å². The van der Waals surface area contributed by atoms with E-state index in [2.05, 4.69) is 6.92 Å². The highest BCUT2D eigenvalue weighted by atomic mass is 16.2. The Balaban J connectivity index is 1.95. The molecule has 2 fully saturated rings. The highest BCUT2D eigenvalue weighted by molar-refractivity contribution is 5.86. The molecule has 1 amide bonds. The highest BCUT2D eigenvalue weighted by Gasteiger charge is 2.38. The zero-order valence-electron chi connectivity index (χ0n) is 10.4. The van der Waals surface area contributed by atoms with E-state index in [0.29, 0.717) is 0 Å². The minimum absolute atomic E-state index is 0.221. The SMILES string of the molecule is CC1CCN(C(=O)C2(N)CCCCC2)CC1. The minimum Gasteiger partial charge on any atom is -0.341 e. The molecule has 0 unspecified atom stereocenters. The third-order valence-electron chi connectivity index (χ3n) is 4.24. The van der Waals surface area contributed by atoms with Crippen LogP contribution in [0.25, 0.3) is 0 Å². The fourth-order valence-electron chi connectivity index (χ4n) is 2.92. The van der Waals surface area contributed by atoms with Gasteiger partial charge in [0.15, 0.2) is 0 Å². The van der Waals surface area contributed by atoms with Crippen molar-refractivity contribution in [1.82, 2.24) is 4.90 Å². The van der Waals surface area contributed by atoms with Crippen LogP contribution >= 0.6 is 0 Å². The molecule has 0 bridgehead atoms. The number of carbonyl (C=O) groups is 1. The Kier molecular flexibility index (Phi) is 3.53. The van der Waals surface area contributed by atoms with Gasteiger partial charge in [0.05, 0.1) is 5.54 Å². The molecule has 0 aromatic carbocycles. The summed E-state index contributed by atoms with van der Waals surface area (Å²) in [5.41, 5.74) is 5.75. The molecule has 0 radical (unpaired) electrons. The first kappa shape index (κ1) is 11.9. The second kappa shape index (κ2) is 4.74. The molecule has 0 atom stereocenters. The summed E-state index contributed by atoms with van der Waals surface area (Å²) in [4.78, 5) is 14.4. The van der Waals surface area contributed by atoms with Crippen LogP contribution in [-0.4, -0.2) is 29.4 Å². The molecule has 3 nitrogen and oxygen atoms in total. The third-order valence-corrected chi connectivity index (χ3v) is 4.24. The van der Waals surface area contributed by atoms with Gasteiger partial charge in [-0.1, -0.05) is 26.2 Å². The van der Waals surface area contributed by atoms with Crippen LogP contribution in [0.1, 0.15) is 51.9 Å². The summed E-state index contributed by atoms with van der Waals surface area (Å²) in [7, 11) is 0. The van der Waals surface area contributed by atoms with Crippen molar-refractivity contribution in [1.29, 1.82) is 0 Å². The standard InChI is InChI=1S/C13H24N2O/c1-11-5-9-15(10-6-11)12(16)13(14)7-3-2-4-8-13/h11H,2-10,14H2,1H3. The van der Waals surface area contributed by atoms with Crippen LogP contribution in [0.4, 0.5) is 0 Å². The lowest BCUT2D eigenvalue weighted by atomic mass is 9.81. The number of nitrogens with two attached hydrogens (primary N) is 1. The van der Waals surface area contributed by atoms with Crippen LogP contribution in [0.15, 0.2) is 0 Å². The number of nitrogens with zero attached hydrogens (tertiary/aromatic N) is 1. The monoisotopic (exact) mass is 224 g/mol. The average Bonchev–Trinajstić information content (AvgIpc) is 2.30. The second-order valence-electron chi connectivity index (χ2n) is 5.69. The van der Waals surface area contributed by atoms with Crippen LogP contribution < -0.4 is 5.73 Å². The summed E-state index contributed by atoms with van der Waals surface area (Å²) < 4.78 is 0. The van der Waals surface area contributed by atoms with Crippen LogP contribution in [0, 0.1) is 5.92 Å². The Labute approximate surface area is 98.4 Å². The van der Waals surface area contributed by atoms with Gasteiger partial charge in [-0.15, -0.1) is 0 Å². The number of rotatable bonds is 1. The molecule has 2 rings (SSSR count). The minimum atomic E-state index is -0.529. The molecule has 16 heavy (non-hydrogen) atoms. The van der Waals surface area contributed by atoms with E-state index < -0.39 is 5.54 Å². The lowest BCUT2D eigenvalue weighted by Crippen LogP contribution is -2.57. The van der Waals surface area contributed by atoms with Gasteiger partial charge in [0.1, 0.15) is 0 Å². The first-order chi connectivity index (χ1) is 7.62. The van der Waals surface area contributed by atoms with Gasteiger partial charge in [-0.3, -0.25) is 4.79 Å². The molecular formula is C13H24N2O. The predicted molar refractivity (Wildman–Crippen MR) is 65.0 cm³/mol. The molecule has 0 aromatic heterocycles. The third kappa shape index (κ3) is 2.40. The Morgan fingerprint density at radius 2 is 1.75 bits per heavy atom. The lowest BCUT2D eigenvalue weighted by Gasteiger charge is -2.39. The van der Waals surface area contributed by atoms with Gasteiger partial charge < -0.3 is 10.6 Å². The van der Waals surface area contributed by atoms with Gasteiger partial charge in [-0.2, -0.15) is 0 Å². The maximum Gasteiger partial charge on any atom is 0.242 e. The van der Waals surface area contributed by atoms with E-state index in [-0.39, 0.29) is 5.91 Å². The molecule has 1 saturated heterocycles. The van der Waals surface area contributed by atoms with Crippen LogP contribution in [0.2, 0.25) is 0 Å². The van der Waals surface area contributed by atoms with Crippen molar-refractivity contribution in [3.63, 3.8) is 0 Å². The van der Waals surface area contributed by atoms with E-state index in [4.69, 9.17) is 5.73 Å². The Morgan fingerprint density at radius 3 is 2.31 bits per heavy atom. The molecule has 92 valence electrons. The molecule has 2 N–H and O–H groups in total. The summed E-state index contributed by atoms with van der Waals surface area (Å²) >= 11 is 0. The number of piperidine rings is 1. The van der Waals surface area contributed by atoms with Crippen LogP contribution in [-0.2, 0) is 4.79 Å². The van der Waals surface area contributed by atoms with Crippen LogP contribution in [0.3, 0.4) is 0 Å². The summed E-state index contributed by atoms with van der Waals surface area (Å²) in [5, 5.41) is 0. The maximum absolute atomic E-state index is 12.4. The van der Waals surface area contributed by atoms with E-state index in [1.165, 1.54) is 6.42 Å². The topological polar surface area (TPSA) is 46.3 Å². The molecule has 1 aliphatic heterocycles. The summed E-state index contributed by atoms with van der Waals surface area (Å²) in [5.74, 6) is 0.989. The Hall–Kier alpha value is -0.570. The van der Waals surface area contributed by atoms with E-state index in [0.717, 1.165) is 57.5 Å². The van der Waals surface area contributed by atoms with Gasteiger partial charge >= 0.3 is 0 Å². The smallest absolute Gasteiger partial charge is 0.242 e. The summed E-state index contributed by atoms with van der Waals surface area (Å²) in [6, 6.07) is 0. The first-order valence-electron chi connectivity index (χ1n) is 6.70. The number of likely N-dealkylation sites (tertiary alicyclic amines) is 1. The first-order valence-corrected chi connectivity index (χ1v) is 6.70. The fraction of sp³-hybridized carbons (Fsp3) is 0.923. The normalized spacial score (nSPS) is 26.8.